The number of benzene rings is 1. The van der Waals surface area contributed by atoms with Gasteiger partial charge in [0.1, 0.15) is 0 Å². The van der Waals surface area contributed by atoms with Gasteiger partial charge in [-0.15, -0.1) is 0 Å². The normalized spacial score (nSPS) is 29.4. The van der Waals surface area contributed by atoms with Crippen LogP contribution in [0.1, 0.15) is 36.8 Å². The summed E-state index contributed by atoms with van der Waals surface area (Å²) in [6, 6.07) is 4.24. The van der Waals surface area contributed by atoms with Gasteiger partial charge in [0, 0.05) is 34.2 Å². The smallest absolute Gasteiger partial charge is 0.298 e. The molecule has 0 N–H and O–H groups in total. The van der Waals surface area contributed by atoms with Crippen LogP contribution in [0.15, 0.2) is 18.2 Å². The van der Waals surface area contributed by atoms with Crippen LogP contribution in [0.2, 0.25) is 0 Å². The molecule has 1 saturated carbocycles. The highest BCUT2D eigenvalue weighted by Gasteiger charge is 2.48. The Bertz CT molecular complexity index is 653. The molecule has 5 heteroatoms. The summed E-state index contributed by atoms with van der Waals surface area (Å²) in [5, 5.41) is -0.375. The lowest BCUT2D eigenvalue weighted by molar-refractivity contribution is -0.182. The van der Waals surface area contributed by atoms with E-state index in [4.69, 9.17) is 18.9 Å². The van der Waals surface area contributed by atoms with Crippen molar-refractivity contribution < 1.29 is 18.9 Å². The second-order valence-corrected chi connectivity index (χ2v) is 7.24. The Balaban J connectivity index is 1.48. The summed E-state index contributed by atoms with van der Waals surface area (Å²) in [7, 11) is 0. The molecule has 1 unspecified atom stereocenters. The molecular formula is C17H17BrO4. The summed E-state index contributed by atoms with van der Waals surface area (Å²) in [6.07, 6.45) is 8.56. The third-order valence-corrected chi connectivity index (χ3v) is 5.76. The minimum absolute atomic E-state index is 0.0959. The Morgan fingerprint density at radius 2 is 1.64 bits per heavy atom. The first-order valence-corrected chi connectivity index (χ1v) is 8.73. The van der Waals surface area contributed by atoms with Crippen LogP contribution >= 0.6 is 15.9 Å². The highest BCUT2D eigenvalue weighted by molar-refractivity contribution is 9.09. The largest absolute Gasteiger partial charge is 0.441 e. The number of allylic oxidation sites excluding steroid dienone is 1. The van der Waals surface area contributed by atoms with Gasteiger partial charge in [-0.25, -0.2) is 0 Å². The molecule has 0 bridgehead atoms. The summed E-state index contributed by atoms with van der Waals surface area (Å²) in [6.45, 7) is 1.45. The molecule has 4 nitrogen and oxygen atoms in total. The van der Waals surface area contributed by atoms with E-state index in [0.29, 0.717) is 0 Å². The van der Waals surface area contributed by atoms with Crippen molar-refractivity contribution in [2.45, 2.75) is 42.1 Å². The molecule has 116 valence electrons. The summed E-state index contributed by atoms with van der Waals surface area (Å²) >= 11 is 3.34. The predicted molar refractivity (Wildman–Crippen MR) is 84.2 cm³/mol. The van der Waals surface area contributed by atoms with Crippen LogP contribution in [0.4, 0.5) is 0 Å². The van der Waals surface area contributed by atoms with E-state index >= 15 is 0 Å². The monoisotopic (exact) mass is 364 g/mol. The van der Waals surface area contributed by atoms with E-state index < -0.39 is 0 Å². The number of hydrogen-bond acceptors (Lipinski definition) is 4. The minimum atomic E-state index is -0.375. The Labute approximate surface area is 137 Å². The van der Waals surface area contributed by atoms with E-state index in [1.54, 1.807) is 0 Å². The number of hydrogen-bond donors (Lipinski definition) is 0. The molecule has 1 saturated heterocycles. The van der Waals surface area contributed by atoms with E-state index in [2.05, 4.69) is 40.2 Å². The quantitative estimate of drug-likeness (QED) is 0.657. The lowest BCUT2D eigenvalue weighted by Gasteiger charge is -2.41. The lowest BCUT2D eigenvalue weighted by atomic mass is 9.69. The van der Waals surface area contributed by atoms with Crippen LogP contribution in [0.3, 0.4) is 0 Å². The molecule has 2 aliphatic carbocycles. The fourth-order valence-electron chi connectivity index (χ4n) is 4.19. The molecule has 1 aromatic carbocycles. The average Bonchev–Trinajstić information content (AvgIpc) is 3.19. The van der Waals surface area contributed by atoms with Gasteiger partial charge in [-0.1, -0.05) is 12.2 Å². The van der Waals surface area contributed by atoms with Crippen LogP contribution in [-0.2, 0) is 14.9 Å². The molecule has 2 fully saturated rings. The SMILES string of the molecule is BrC1Oc2cc3c(cc2O1)C1(C=C3)CCC2(CC1)OCCO2. The van der Waals surface area contributed by atoms with Crippen molar-refractivity contribution in [2.75, 3.05) is 13.2 Å². The van der Waals surface area contributed by atoms with Gasteiger partial charge < -0.3 is 18.9 Å². The van der Waals surface area contributed by atoms with Gasteiger partial charge in [-0.3, -0.25) is 0 Å². The van der Waals surface area contributed by atoms with Gasteiger partial charge in [0.05, 0.1) is 13.2 Å². The van der Waals surface area contributed by atoms with Gasteiger partial charge in [-0.2, -0.15) is 0 Å². The molecule has 5 rings (SSSR count). The third-order valence-electron chi connectivity index (χ3n) is 5.39. The van der Waals surface area contributed by atoms with E-state index in [0.717, 1.165) is 50.4 Å². The third kappa shape index (κ3) is 1.82. The Morgan fingerprint density at radius 1 is 0.955 bits per heavy atom. The second-order valence-electron chi connectivity index (χ2n) is 6.49. The van der Waals surface area contributed by atoms with Crippen molar-refractivity contribution in [1.29, 1.82) is 0 Å². The van der Waals surface area contributed by atoms with E-state index in [9.17, 15) is 0 Å². The summed E-state index contributed by atoms with van der Waals surface area (Å²) in [5.74, 6) is 1.33. The van der Waals surface area contributed by atoms with Crippen LogP contribution < -0.4 is 9.47 Å². The molecular weight excluding hydrogens is 348 g/mol. The molecule has 1 aromatic rings. The Morgan fingerprint density at radius 3 is 2.36 bits per heavy atom. The first kappa shape index (κ1) is 13.4. The first-order chi connectivity index (χ1) is 10.7. The lowest BCUT2D eigenvalue weighted by Crippen LogP contribution is -2.40. The molecule has 0 amide bonds. The van der Waals surface area contributed by atoms with Gasteiger partial charge in [0.2, 0.25) is 0 Å². The number of fused-ring (bicyclic) bond motifs is 3. The summed E-state index contributed by atoms with van der Waals surface area (Å²) in [5.41, 5.74) is 2.69. The zero-order chi connectivity index (χ0) is 14.8. The molecule has 0 aromatic heterocycles. The molecule has 0 radical (unpaired) electrons. The van der Waals surface area contributed by atoms with E-state index in [-0.39, 0.29) is 16.4 Å². The Hall–Kier alpha value is -1.04. The average molecular weight is 365 g/mol. The fraction of sp³-hybridized carbons (Fsp3) is 0.529. The van der Waals surface area contributed by atoms with Crippen LogP contribution in [0.5, 0.6) is 11.5 Å². The van der Waals surface area contributed by atoms with E-state index in [1.165, 1.54) is 11.1 Å². The molecule has 2 heterocycles. The van der Waals surface area contributed by atoms with Crippen molar-refractivity contribution in [3.05, 3.63) is 29.3 Å². The summed E-state index contributed by atoms with van der Waals surface area (Å²) < 4.78 is 23.0. The van der Waals surface area contributed by atoms with Crippen LogP contribution in [0, 0.1) is 0 Å². The second kappa shape index (κ2) is 4.49. The number of rotatable bonds is 0. The first-order valence-electron chi connectivity index (χ1n) is 7.81. The van der Waals surface area contributed by atoms with Gasteiger partial charge in [0.25, 0.3) is 5.20 Å². The summed E-state index contributed by atoms with van der Waals surface area (Å²) in [4.78, 5) is 0. The van der Waals surface area contributed by atoms with Crippen molar-refractivity contribution in [3.63, 3.8) is 0 Å². The standard InChI is InChI=1S/C17H17BrO4/c18-15-21-13-9-11-1-2-16(12(11)10-14(13)22-15)3-5-17(6-4-16)19-7-8-20-17/h1-2,9-10,15H,3-8H2. The molecule has 2 aliphatic heterocycles. The molecule has 4 aliphatic rings. The van der Waals surface area contributed by atoms with E-state index in [1.807, 2.05) is 0 Å². The maximum absolute atomic E-state index is 5.86. The maximum atomic E-state index is 5.86. The topological polar surface area (TPSA) is 36.9 Å². The number of ether oxygens (including phenoxy) is 4. The molecule has 2 spiro atoms. The van der Waals surface area contributed by atoms with Crippen molar-refractivity contribution in [2.24, 2.45) is 0 Å². The Kier molecular flexibility index (Phi) is 2.74. The highest BCUT2D eigenvalue weighted by atomic mass is 79.9. The number of halogens is 1. The van der Waals surface area contributed by atoms with Crippen molar-refractivity contribution in [1.82, 2.24) is 0 Å². The zero-order valence-electron chi connectivity index (χ0n) is 12.1. The molecule has 1 atom stereocenters. The predicted octanol–water partition coefficient (Wildman–Crippen LogP) is 3.72. The fourth-order valence-corrected chi connectivity index (χ4v) is 4.59. The van der Waals surface area contributed by atoms with Gasteiger partial charge in [0.15, 0.2) is 17.3 Å². The number of alkyl halides is 1. The minimum Gasteiger partial charge on any atom is -0.441 e. The molecule has 22 heavy (non-hydrogen) atoms. The zero-order valence-corrected chi connectivity index (χ0v) is 13.7. The van der Waals surface area contributed by atoms with Crippen LogP contribution in [0.25, 0.3) is 6.08 Å². The highest BCUT2D eigenvalue weighted by Crippen LogP contribution is 2.53. The van der Waals surface area contributed by atoms with Crippen molar-refractivity contribution in [3.8, 4) is 11.5 Å². The van der Waals surface area contributed by atoms with Gasteiger partial charge in [-0.05, 0) is 36.1 Å². The van der Waals surface area contributed by atoms with Crippen molar-refractivity contribution >= 4 is 22.0 Å². The van der Waals surface area contributed by atoms with Gasteiger partial charge >= 0.3 is 0 Å². The maximum Gasteiger partial charge on any atom is 0.298 e. The van der Waals surface area contributed by atoms with Crippen LogP contribution in [-0.4, -0.2) is 24.2 Å².